The molecule has 7 nitrogen and oxygen atoms in total. The smallest absolute Gasteiger partial charge is 0.253 e. The van der Waals surface area contributed by atoms with E-state index in [1.807, 2.05) is 0 Å². The molecule has 1 saturated heterocycles. The molecule has 2 rings (SSSR count). The summed E-state index contributed by atoms with van der Waals surface area (Å²) in [5.74, 6) is -0.276. The molecule has 130 valence electrons. The highest BCUT2D eigenvalue weighted by Crippen LogP contribution is 2.15. The van der Waals surface area contributed by atoms with Crippen LogP contribution in [-0.4, -0.2) is 64.7 Å². The molecule has 1 fully saturated rings. The number of carbonyl (C=O) groups is 1. The summed E-state index contributed by atoms with van der Waals surface area (Å²) in [5.41, 5.74) is 0.623. The van der Waals surface area contributed by atoms with E-state index < -0.39 is 10.0 Å². The molecule has 1 aliphatic heterocycles. The lowest BCUT2D eigenvalue weighted by Crippen LogP contribution is -2.46. The van der Waals surface area contributed by atoms with Crippen LogP contribution in [0.5, 0.6) is 0 Å². The summed E-state index contributed by atoms with van der Waals surface area (Å²) in [4.78, 5) is 14.5. The zero-order valence-electron chi connectivity index (χ0n) is 13.0. The number of rotatable bonds is 6. The highest BCUT2D eigenvalue weighted by molar-refractivity contribution is 7.92. The number of nitrogens with one attached hydrogen (secondary N) is 3. The fraction of sp³-hybridized carbons (Fsp3) is 0.500. The first-order valence-corrected chi connectivity index (χ1v) is 9.13. The summed E-state index contributed by atoms with van der Waals surface area (Å²) in [6, 6.07) is 6.57. The number of sulfonamides is 1. The monoisotopic (exact) mass is 362 g/mol. The first-order valence-electron chi connectivity index (χ1n) is 7.24. The third-order valence-electron chi connectivity index (χ3n) is 3.39. The van der Waals surface area contributed by atoms with Crippen molar-refractivity contribution in [3.63, 3.8) is 0 Å². The molecule has 1 aliphatic rings. The molecule has 1 aromatic carbocycles. The van der Waals surface area contributed by atoms with Crippen LogP contribution >= 0.6 is 12.4 Å². The lowest BCUT2D eigenvalue weighted by atomic mass is 10.1. The van der Waals surface area contributed by atoms with E-state index >= 15 is 0 Å². The first kappa shape index (κ1) is 19.7. The van der Waals surface area contributed by atoms with Gasteiger partial charge in [-0.25, -0.2) is 8.42 Å². The van der Waals surface area contributed by atoms with Crippen molar-refractivity contribution in [1.29, 1.82) is 0 Å². The Morgan fingerprint density at radius 1 is 1.26 bits per heavy atom. The maximum atomic E-state index is 12.2. The van der Waals surface area contributed by atoms with Gasteiger partial charge in [0, 0.05) is 39.3 Å². The third-order valence-corrected chi connectivity index (χ3v) is 3.98. The van der Waals surface area contributed by atoms with Gasteiger partial charge in [-0.15, -0.1) is 12.4 Å². The summed E-state index contributed by atoms with van der Waals surface area (Å²) in [7, 11) is -3.42. The SMILES string of the molecule is CS(=O)(=O)Nc1ccccc1C(=O)NCCN1CCNCC1.Cl. The molecule has 0 radical (unpaired) electrons. The van der Waals surface area contributed by atoms with Crippen LogP contribution in [0.3, 0.4) is 0 Å². The maximum Gasteiger partial charge on any atom is 0.253 e. The minimum atomic E-state index is -3.42. The second-order valence-corrected chi connectivity index (χ2v) is 7.02. The van der Waals surface area contributed by atoms with Crippen LogP contribution in [0.2, 0.25) is 0 Å². The summed E-state index contributed by atoms with van der Waals surface area (Å²) in [6.07, 6.45) is 1.06. The predicted octanol–water partition coefficient (Wildman–Crippen LogP) is 0.115. The molecule has 1 aromatic rings. The quantitative estimate of drug-likeness (QED) is 0.668. The molecule has 0 aromatic heterocycles. The van der Waals surface area contributed by atoms with Crippen molar-refractivity contribution < 1.29 is 13.2 Å². The molecule has 0 aliphatic carbocycles. The minimum Gasteiger partial charge on any atom is -0.351 e. The zero-order chi connectivity index (χ0) is 16.0. The molecule has 0 bridgehead atoms. The van der Waals surface area contributed by atoms with E-state index in [0.29, 0.717) is 17.8 Å². The second kappa shape index (κ2) is 9.07. The number of halogens is 1. The van der Waals surface area contributed by atoms with Gasteiger partial charge in [0.1, 0.15) is 0 Å². The van der Waals surface area contributed by atoms with E-state index in [9.17, 15) is 13.2 Å². The third kappa shape index (κ3) is 6.74. The lowest BCUT2D eigenvalue weighted by Gasteiger charge is -2.27. The minimum absolute atomic E-state index is 0. The standard InChI is InChI=1S/C14H22N4O3S.ClH/c1-22(20,21)17-13-5-3-2-4-12(13)14(19)16-8-11-18-9-6-15-7-10-18;/h2-5,15,17H,6-11H2,1H3,(H,16,19);1H. The number of amides is 1. The lowest BCUT2D eigenvalue weighted by molar-refractivity contribution is 0.0948. The Hall–Kier alpha value is -1.35. The van der Waals surface area contributed by atoms with Crippen molar-refractivity contribution >= 4 is 34.0 Å². The molecular formula is C14H23ClN4O3S. The van der Waals surface area contributed by atoms with Gasteiger partial charge < -0.3 is 10.6 Å². The Kier molecular flexibility index (Phi) is 7.77. The molecule has 0 spiro atoms. The highest BCUT2D eigenvalue weighted by atomic mass is 35.5. The van der Waals surface area contributed by atoms with E-state index in [0.717, 1.165) is 39.0 Å². The van der Waals surface area contributed by atoms with Crippen LogP contribution in [-0.2, 0) is 10.0 Å². The first-order chi connectivity index (χ1) is 10.5. The van der Waals surface area contributed by atoms with Gasteiger partial charge in [-0.05, 0) is 12.1 Å². The van der Waals surface area contributed by atoms with Gasteiger partial charge in [-0.3, -0.25) is 14.4 Å². The van der Waals surface area contributed by atoms with Crippen LogP contribution < -0.4 is 15.4 Å². The Labute approximate surface area is 143 Å². The highest BCUT2D eigenvalue weighted by Gasteiger charge is 2.14. The van der Waals surface area contributed by atoms with Gasteiger partial charge >= 0.3 is 0 Å². The van der Waals surface area contributed by atoms with Crippen molar-refractivity contribution in [2.24, 2.45) is 0 Å². The number of piperazine rings is 1. The van der Waals surface area contributed by atoms with Crippen molar-refractivity contribution in [3.8, 4) is 0 Å². The molecule has 0 saturated carbocycles. The van der Waals surface area contributed by atoms with Crippen molar-refractivity contribution in [2.75, 3.05) is 50.2 Å². The zero-order valence-corrected chi connectivity index (χ0v) is 14.7. The fourth-order valence-electron chi connectivity index (χ4n) is 2.33. The molecule has 0 unspecified atom stereocenters. The van der Waals surface area contributed by atoms with Gasteiger partial charge in [-0.1, -0.05) is 12.1 Å². The van der Waals surface area contributed by atoms with Gasteiger partial charge in [0.2, 0.25) is 10.0 Å². The van der Waals surface area contributed by atoms with E-state index in [2.05, 4.69) is 20.3 Å². The summed E-state index contributed by atoms with van der Waals surface area (Å²) in [5, 5.41) is 6.11. The van der Waals surface area contributed by atoms with E-state index in [-0.39, 0.29) is 18.3 Å². The molecule has 3 N–H and O–H groups in total. The van der Waals surface area contributed by atoms with Gasteiger partial charge in [0.25, 0.3) is 5.91 Å². The number of nitrogens with zero attached hydrogens (tertiary/aromatic N) is 1. The molecule has 23 heavy (non-hydrogen) atoms. The number of hydrogen-bond donors (Lipinski definition) is 3. The topological polar surface area (TPSA) is 90.5 Å². The Morgan fingerprint density at radius 2 is 1.91 bits per heavy atom. The summed E-state index contributed by atoms with van der Waals surface area (Å²) in [6.45, 7) is 5.20. The van der Waals surface area contributed by atoms with Crippen LogP contribution in [0, 0.1) is 0 Å². The number of benzene rings is 1. The second-order valence-electron chi connectivity index (χ2n) is 5.27. The Balaban J connectivity index is 0.00000264. The number of hydrogen-bond acceptors (Lipinski definition) is 5. The number of anilines is 1. The fourth-order valence-corrected chi connectivity index (χ4v) is 2.90. The molecule has 1 amide bonds. The predicted molar refractivity (Wildman–Crippen MR) is 93.8 cm³/mol. The van der Waals surface area contributed by atoms with E-state index in [1.165, 1.54) is 0 Å². The molecule has 9 heteroatoms. The molecular weight excluding hydrogens is 340 g/mol. The normalized spacial score (nSPS) is 15.5. The van der Waals surface area contributed by atoms with Crippen LogP contribution in [0.25, 0.3) is 0 Å². The molecule has 1 heterocycles. The average molecular weight is 363 g/mol. The van der Waals surface area contributed by atoms with Crippen LogP contribution in [0.4, 0.5) is 5.69 Å². The Morgan fingerprint density at radius 3 is 2.57 bits per heavy atom. The summed E-state index contributed by atoms with van der Waals surface area (Å²) >= 11 is 0. The van der Waals surface area contributed by atoms with Crippen LogP contribution in [0.1, 0.15) is 10.4 Å². The van der Waals surface area contributed by atoms with Crippen molar-refractivity contribution in [3.05, 3.63) is 29.8 Å². The van der Waals surface area contributed by atoms with Gasteiger partial charge in [-0.2, -0.15) is 0 Å². The van der Waals surface area contributed by atoms with Gasteiger partial charge in [0.05, 0.1) is 17.5 Å². The average Bonchev–Trinajstić information content (AvgIpc) is 2.47. The van der Waals surface area contributed by atoms with Crippen molar-refractivity contribution in [2.45, 2.75) is 0 Å². The number of carbonyl (C=O) groups excluding carboxylic acids is 1. The van der Waals surface area contributed by atoms with Crippen molar-refractivity contribution in [1.82, 2.24) is 15.5 Å². The van der Waals surface area contributed by atoms with Gasteiger partial charge in [0.15, 0.2) is 0 Å². The van der Waals surface area contributed by atoms with Crippen LogP contribution in [0.15, 0.2) is 24.3 Å². The van der Waals surface area contributed by atoms with E-state index in [1.54, 1.807) is 24.3 Å². The summed E-state index contributed by atoms with van der Waals surface area (Å²) < 4.78 is 25.0. The van der Waals surface area contributed by atoms with E-state index in [4.69, 9.17) is 0 Å². The number of para-hydroxylation sites is 1. The largest absolute Gasteiger partial charge is 0.351 e. The maximum absolute atomic E-state index is 12.2. The molecule has 0 atom stereocenters. The Bertz CT molecular complexity index is 618.